The van der Waals surface area contributed by atoms with Crippen molar-refractivity contribution in [3.8, 4) is 0 Å². The van der Waals surface area contributed by atoms with Crippen LogP contribution in [0.25, 0.3) is 0 Å². The summed E-state index contributed by atoms with van der Waals surface area (Å²) in [5.74, 6) is -0.667. The molecule has 1 fully saturated rings. The lowest BCUT2D eigenvalue weighted by atomic mass is 9.92. The van der Waals surface area contributed by atoms with Crippen LogP contribution in [0.4, 0.5) is 0 Å². The maximum absolute atomic E-state index is 13.0. The Morgan fingerprint density at radius 2 is 1.78 bits per heavy atom. The Kier molecular flexibility index (Phi) is 4.65. The van der Waals surface area contributed by atoms with Gasteiger partial charge in [-0.05, 0) is 36.8 Å². The van der Waals surface area contributed by atoms with E-state index in [1.165, 1.54) is 0 Å². The molecule has 0 amide bonds. The van der Waals surface area contributed by atoms with Crippen molar-refractivity contribution in [3.63, 3.8) is 0 Å². The van der Waals surface area contributed by atoms with E-state index in [0.717, 1.165) is 20.0 Å². The molecule has 0 N–H and O–H groups in total. The van der Waals surface area contributed by atoms with Crippen LogP contribution < -0.4 is 0 Å². The molecule has 2 aliphatic rings. The van der Waals surface area contributed by atoms with Crippen molar-refractivity contribution >= 4 is 37.4 Å². The Morgan fingerprint density at radius 3 is 2.37 bits per heavy atom. The SMILES string of the molecule is Cc1ccc(S(=O)(=O)N2C[C@H](c3ccc(Br)cc3)C(C(=O)[C@@H]3CO3)=N2)cc1. The lowest BCUT2D eigenvalue weighted by Crippen LogP contribution is -2.27. The van der Waals surface area contributed by atoms with Crippen LogP contribution in [0.15, 0.2) is 63.0 Å². The van der Waals surface area contributed by atoms with Crippen LogP contribution in [-0.4, -0.2) is 43.6 Å². The van der Waals surface area contributed by atoms with Gasteiger partial charge in [-0.15, -0.1) is 0 Å². The predicted molar refractivity (Wildman–Crippen MR) is 104 cm³/mol. The summed E-state index contributed by atoms with van der Waals surface area (Å²) in [5, 5.41) is 4.22. The first kappa shape index (κ1) is 18.3. The molecule has 27 heavy (non-hydrogen) atoms. The van der Waals surface area contributed by atoms with Crippen molar-refractivity contribution in [2.24, 2.45) is 5.10 Å². The summed E-state index contributed by atoms with van der Waals surface area (Å²) in [6.07, 6.45) is -0.510. The zero-order chi connectivity index (χ0) is 19.2. The van der Waals surface area contributed by atoms with E-state index in [9.17, 15) is 13.2 Å². The number of aryl methyl sites for hydroxylation is 1. The summed E-state index contributed by atoms with van der Waals surface area (Å²) in [6.45, 7) is 2.33. The second kappa shape index (κ2) is 6.85. The Hall–Kier alpha value is -2.03. The third-order valence-corrected chi connectivity index (χ3v) is 6.82. The molecule has 0 aromatic heterocycles. The maximum atomic E-state index is 13.0. The lowest BCUT2D eigenvalue weighted by Gasteiger charge is -2.16. The number of carbonyl (C=O) groups is 1. The van der Waals surface area contributed by atoms with Gasteiger partial charge in [-0.1, -0.05) is 45.8 Å². The number of hydrogen-bond donors (Lipinski definition) is 0. The third-order valence-electron chi connectivity index (χ3n) is 4.63. The smallest absolute Gasteiger partial charge is 0.279 e. The molecule has 0 radical (unpaired) electrons. The first-order valence-corrected chi connectivity index (χ1v) is 10.7. The van der Waals surface area contributed by atoms with Gasteiger partial charge in [0.2, 0.25) is 5.78 Å². The molecule has 2 aliphatic heterocycles. The molecule has 8 heteroatoms. The number of ketones is 1. The van der Waals surface area contributed by atoms with Gasteiger partial charge in [0.1, 0.15) is 11.8 Å². The van der Waals surface area contributed by atoms with E-state index in [4.69, 9.17) is 4.74 Å². The molecule has 2 atom stereocenters. The number of epoxide rings is 1. The number of halogens is 1. The van der Waals surface area contributed by atoms with Crippen molar-refractivity contribution in [1.29, 1.82) is 0 Å². The molecule has 0 unspecified atom stereocenters. The van der Waals surface area contributed by atoms with Gasteiger partial charge in [-0.2, -0.15) is 17.9 Å². The highest BCUT2D eigenvalue weighted by Crippen LogP contribution is 2.32. The highest BCUT2D eigenvalue weighted by atomic mass is 79.9. The van der Waals surface area contributed by atoms with Crippen LogP contribution in [-0.2, 0) is 19.6 Å². The number of Topliss-reactive ketones (excluding diaryl/α,β-unsaturated/α-hetero) is 1. The molecule has 6 nitrogen and oxygen atoms in total. The summed E-state index contributed by atoms with van der Waals surface area (Å²) >= 11 is 3.39. The first-order valence-electron chi connectivity index (χ1n) is 8.45. The van der Waals surface area contributed by atoms with Gasteiger partial charge < -0.3 is 4.74 Å². The lowest BCUT2D eigenvalue weighted by molar-refractivity contribution is -0.114. The highest BCUT2D eigenvalue weighted by molar-refractivity contribution is 9.10. The summed E-state index contributed by atoms with van der Waals surface area (Å²) < 4.78 is 33.0. The van der Waals surface area contributed by atoms with Gasteiger partial charge in [0.05, 0.1) is 24.0 Å². The van der Waals surface area contributed by atoms with Crippen molar-refractivity contribution in [3.05, 3.63) is 64.1 Å². The average molecular weight is 449 g/mol. The second-order valence-corrected chi connectivity index (χ2v) is 9.36. The Balaban J connectivity index is 1.71. The number of rotatable bonds is 5. The van der Waals surface area contributed by atoms with E-state index in [2.05, 4.69) is 21.0 Å². The van der Waals surface area contributed by atoms with Crippen molar-refractivity contribution < 1.29 is 17.9 Å². The van der Waals surface area contributed by atoms with E-state index in [0.29, 0.717) is 6.61 Å². The van der Waals surface area contributed by atoms with Crippen molar-refractivity contribution in [2.75, 3.05) is 13.2 Å². The molecular formula is C19H17BrN2O4S. The minimum absolute atomic E-state index is 0.0889. The number of sulfonamides is 1. The number of nitrogens with zero attached hydrogens (tertiary/aromatic N) is 2. The summed E-state index contributed by atoms with van der Waals surface area (Å²) in [7, 11) is -3.83. The Bertz CT molecular complexity index is 1010. The number of carbonyl (C=O) groups excluding carboxylic acids is 1. The fourth-order valence-corrected chi connectivity index (χ4v) is 4.53. The number of hydrogen-bond acceptors (Lipinski definition) is 5. The molecule has 2 aromatic rings. The monoisotopic (exact) mass is 448 g/mol. The average Bonchev–Trinajstić information content (AvgIpc) is 3.40. The topological polar surface area (TPSA) is 79.3 Å². The Labute approximate surface area is 166 Å². The van der Waals surface area contributed by atoms with E-state index in [1.54, 1.807) is 24.3 Å². The quantitative estimate of drug-likeness (QED) is 0.658. The molecule has 2 heterocycles. The number of benzene rings is 2. The standard InChI is InChI=1S/C19H17BrN2O4S/c1-12-2-8-15(9-3-12)27(24,25)22-10-16(13-4-6-14(20)7-5-13)18(21-22)19(23)17-11-26-17/h2-9,16-17H,10-11H2,1H3/t16-,17+/m1/s1. The molecule has 0 saturated carbocycles. The fourth-order valence-electron chi connectivity index (χ4n) is 3.00. The molecule has 0 bridgehead atoms. The molecule has 1 saturated heterocycles. The van der Waals surface area contributed by atoms with Crippen molar-refractivity contribution in [1.82, 2.24) is 4.41 Å². The van der Waals surface area contributed by atoms with E-state index in [-0.39, 0.29) is 22.9 Å². The minimum atomic E-state index is -3.83. The van der Waals surface area contributed by atoms with Gasteiger partial charge in [-0.25, -0.2) is 0 Å². The highest BCUT2D eigenvalue weighted by Gasteiger charge is 2.43. The molecule has 0 aliphatic carbocycles. The van der Waals surface area contributed by atoms with Crippen LogP contribution in [0.5, 0.6) is 0 Å². The Morgan fingerprint density at radius 1 is 1.15 bits per heavy atom. The van der Waals surface area contributed by atoms with Crippen LogP contribution >= 0.6 is 15.9 Å². The molecule has 4 rings (SSSR count). The minimum Gasteiger partial charge on any atom is -0.364 e. The van der Waals surface area contributed by atoms with Gasteiger partial charge in [-0.3, -0.25) is 4.79 Å². The van der Waals surface area contributed by atoms with Gasteiger partial charge in [0.25, 0.3) is 10.0 Å². The molecular weight excluding hydrogens is 432 g/mol. The van der Waals surface area contributed by atoms with Crippen LogP contribution in [0.3, 0.4) is 0 Å². The van der Waals surface area contributed by atoms with Crippen LogP contribution in [0.1, 0.15) is 17.0 Å². The van der Waals surface area contributed by atoms with E-state index in [1.807, 2.05) is 31.2 Å². The largest absolute Gasteiger partial charge is 0.364 e. The van der Waals surface area contributed by atoms with Gasteiger partial charge in [0.15, 0.2) is 0 Å². The number of ether oxygens (including phenoxy) is 1. The summed E-state index contributed by atoms with van der Waals surface area (Å²) in [6, 6.07) is 14.0. The molecule has 140 valence electrons. The van der Waals surface area contributed by atoms with Gasteiger partial charge in [0, 0.05) is 4.47 Å². The zero-order valence-electron chi connectivity index (χ0n) is 14.5. The van der Waals surface area contributed by atoms with Gasteiger partial charge >= 0.3 is 0 Å². The summed E-state index contributed by atoms with van der Waals surface area (Å²) in [4.78, 5) is 12.8. The predicted octanol–water partition coefficient (Wildman–Crippen LogP) is 2.87. The third kappa shape index (κ3) is 3.56. The molecule has 2 aromatic carbocycles. The first-order chi connectivity index (χ1) is 12.9. The molecule has 0 spiro atoms. The zero-order valence-corrected chi connectivity index (χ0v) is 16.9. The number of hydrazone groups is 1. The maximum Gasteiger partial charge on any atom is 0.279 e. The van der Waals surface area contributed by atoms with Crippen LogP contribution in [0.2, 0.25) is 0 Å². The van der Waals surface area contributed by atoms with Crippen molar-refractivity contribution in [2.45, 2.75) is 23.8 Å². The second-order valence-electron chi connectivity index (χ2n) is 6.60. The fraction of sp³-hybridized carbons (Fsp3) is 0.263. The van der Waals surface area contributed by atoms with Crippen LogP contribution in [0, 0.1) is 6.92 Å². The normalized spacial score (nSPS) is 21.9. The van der Waals surface area contributed by atoms with E-state index < -0.39 is 22.0 Å². The van der Waals surface area contributed by atoms with E-state index >= 15 is 0 Å². The summed E-state index contributed by atoms with van der Waals surface area (Å²) in [5.41, 5.74) is 2.04.